The minimum Gasteiger partial charge on any atom is -0.348 e. The molecule has 1 aliphatic carbocycles. The number of benzene rings is 1. The molecule has 156 valence electrons. The molecule has 6 nitrogen and oxygen atoms in total. The third-order valence-corrected chi connectivity index (χ3v) is 7.65. The fraction of sp³-hybridized carbons (Fsp3) is 0.632. The van der Waals surface area contributed by atoms with Gasteiger partial charge >= 0.3 is 0 Å². The molecule has 2 fully saturated rings. The van der Waals surface area contributed by atoms with Crippen LogP contribution in [0.3, 0.4) is 0 Å². The fourth-order valence-corrected chi connectivity index (χ4v) is 5.46. The summed E-state index contributed by atoms with van der Waals surface area (Å²) in [4.78, 5) is 12.6. The summed E-state index contributed by atoms with van der Waals surface area (Å²) in [6, 6.07) is 2.66. The van der Waals surface area contributed by atoms with E-state index in [9.17, 15) is 22.0 Å². The van der Waals surface area contributed by atoms with Crippen molar-refractivity contribution >= 4 is 15.9 Å². The van der Waals surface area contributed by atoms with E-state index in [0.29, 0.717) is 25.7 Å². The molecule has 0 bridgehead atoms. The van der Waals surface area contributed by atoms with Gasteiger partial charge in [-0.2, -0.15) is 4.31 Å². The largest absolute Gasteiger partial charge is 0.348 e. The summed E-state index contributed by atoms with van der Waals surface area (Å²) in [7, 11) is -4.09. The molecule has 2 N–H and O–H groups in total. The minimum atomic E-state index is -4.09. The van der Waals surface area contributed by atoms with Gasteiger partial charge in [-0.05, 0) is 49.8 Å². The molecule has 1 heterocycles. The van der Waals surface area contributed by atoms with Crippen LogP contribution in [0.1, 0.15) is 32.6 Å². The Hall–Kier alpha value is -1.58. The third-order valence-electron chi connectivity index (χ3n) is 5.73. The van der Waals surface area contributed by atoms with Gasteiger partial charge in [-0.1, -0.05) is 6.92 Å². The van der Waals surface area contributed by atoms with E-state index in [1.165, 1.54) is 0 Å². The second-order valence-corrected chi connectivity index (χ2v) is 9.84. The van der Waals surface area contributed by atoms with Crippen molar-refractivity contribution in [2.75, 3.05) is 32.7 Å². The monoisotopic (exact) mass is 416 g/mol. The first kappa shape index (κ1) is 21.1. The number of carbonyl (C=O) groups is 1. The zero-order valence-corrected chi connectivity index (χ0v) is 16.9. The van der Waals surface area contributed by atoms with E-state index in [0.717, 1.165) is 52.9 Å². The van der Waals surface area contributed by atoms with Crippen LogP contribution in [0, 0.1) is 17.6 Å². The lowest BCUT2D eigenvalue weighted by molar-refractivity contribution is -0.895. The Morgan fingerprint density at radius 3 is 2.46 bits per heavy atom. The van der Waals surface area contributed by atoms with Crippen molar-refractivity contribution in [1.29, 1.82) is 0 Å². The quantitative estimate of drug-likeness (QED) is 0.737. The number of nitrogens with one attached hydrogen (secondary N) is 2. The van der Waals surface area contributed by atoms with Crippen LogP contribution >= 0.6 is 0 Å². The number of hydrogen-bond acceptors (Lipinski definition) is 3. The first-order valence-electron chi connectivity index (χ1n) is 9.84. The lowest BCUT2D eigenvalue weighted by atomic mass is 9.87. The highest BCUT2D eigenvalue weighted by atomic mass is 32.2. The maximum atomic E-state index is 13.9. The molecule has 0 atom stereocenters. The molecule has 9 heteroatoms. The second kappa shape index (κ2) is 8.84. The number of halogens is 2. The predicted octanol–water partition coefficient (Wildman–Crippen LogP) is 0.549. The van der Waals surface area contributed by atoms with Crippen LogP contribution in [0.25, 0.3) is 0 Å². The average molecular weight is 417 g/mol. The lowest BCUT2D eigenvalue weighted by Gasteiger charge is -2.32. The summed E-state index contributed by atoms with van der Waals surface area (Å²) >= 11 is 0. The van der Waals surface area contributed by atoms with Gasteiger partial charge < -0.3 is 10.2 Å². The smallest absolute Gasteiger partial charge is 0.275 e. The maximum Gasteiger partial charge on any atom is 0.275 e. The van der Waals surface area contributed by atoms with Gasteiger partial charge in [0, 0.05) is 6.04 Å². The van der Waals surface area contributed by atoms with E-state index in [1.807, 2.05) is 0 Å². The Balaban J connectivity index is 1.51. The van der Waals surface area contributed by atoms with Crippen LogP contribution in [0.15, 0.2) is 23.1 Å². The number of carbonyl (C=O) groups excluding carboxylic acids is 1. The van der Waals surface area contributed by atoms with Gasteiger partial charge in [-0.25, -0.2) is 17.2 Å². The standard InChI is InChI=1S/C19H27F2N3O3S/c1-14-2-5-16(6-3-14)22-19(25)13-23-8-10-24(11-9-23)28(26,27)18-12-15(20)4-7-17(18)21/h4,7,12,14,16H,2-3,5-6,8-11,13H2,1H3,(H,22,25)/p+1. The summed E-state index contributed by atoms with van der Waals surface area (Å²) in [5.74, 6) is -1.05. The van der Waals surface area contributed by atoms with Gasteiger partial charge in [0.15, 0.2) is 6.54 Å². The van der Waals surface area contributed by atoms with Crippen molar-refractivity contribution < 1.29 is 26.9 Å². The molecular formula is C19H28F2N3O3S+. The molecule has 1 aromatic carbocycles. The number of hydrogen-bond donors (Lipinski definition) is 2. The van der Waals surface area contributed by atoms with E-state index in [4.69, 9.17) is 0 Å². The van der Waals surface area contributed by atoms with Gasteiger partial charge in [0.1, 0.15) is 16.5 Å². The normalized spacial score (nSPS) is 24.8. The Morgan fingerprint density at radius 2 is 1.82 bits per heavy atom. The molecule has 1 aromatic rings. The molecule has 0 unspecified atom stereocenters. The van der Waals surface area contributed by atoms with Crippen LogP contribution in [0.4, 0.5) is 8.78 Å². The highest BCUT2D eigenvalue weighted by Gasteiger charge is 2.33. The molecule has 0 aromatic heterocycles. The first-order chi connectivity index (χ1) is 13.3. The molecule has 0 spiro atoms. The first-order valence-corrected chi connectivity index (χ1v) is 11.3. The molecule has 3 rings (SSSR count). The third kappa shape index (κ3) is 5.07. The van der Waals surface area contributed by atoms with Crippen molar-refractivity contribution in [3.63, 3.8) is 0 Å². The fourth-order valence-electron chi connectivity index (χ4n) is 3.94. The van der Waals surface area contributed by atoms with Crippen molar-refractivity contribution in [3.05, 3.63) is 29.8 Å². The molecule has 1 saturated carbocycles. The summed E-state index contributed by atoms with van der Waals surface area (Å²) < 4.78 is 53.6. The molecule has 1 saturated heterocycles. The molecule has 0 radical (unpaired) electrons. The van der Waals surface area contributed by atoms with E-state index in [2.05, 4.69) is 12.2 Å². The lowest BCUT2D eigenvalue weighted by Crippen LogP contribution is -3.15. The zero-order chi connectivity index (χ0) is 20.3. The van der Waals surface area contributed by atoms with E-state index >= 15 is 0 Å². The van der Waals surface area contributed by atoms with E-state index in [-0.39, 0.29) is 25.0 Å². The van der Waals surface area contributed by atoms with E-state index in [1.54, 1.807) is 0 Å². The van der Waals surface area contributed by atoms with Crippen LogP contribution in [-0.2, 0) is 14.8 Å². The number of amides is 1. The van der Waals surface area contributed by atoms with Crippen molar-refractivity contribution in [3.8, 4) is 0 Å². The Morgan fingerprint density at radius 1 is 1.18 bits per heavy atom. The number of piperazine rings is 1. The van der Waals surface area contributed by atoms with Crippen molar-refractivity contribution in [2.24, 2.45) is 5.92 Å². The van der Waals surface area contributed by atoms with Crippen LogP contribution in [-0.4, -0.2) is 57.4 Å². The number of rotatable bonds is 5. The summed E-state index contributed by atoms with van der Waals surface area (Å²) in [5, 5.41) is 3.08. The minimum absolute atomic E-state index is 0.0120. The number of sulfonamides is 1. The Labute approximate surface area is 164 Å². The topological polar surface area (TPSA) is 70.9 Å². The molecule has 1 aliphatic heterocycles. The van der Waals surface area contributed by atoms with Crippen LogP contribution < -0.4 is 10.2 Å². The number of quaternary nitrogens is 1. The summed E-state index contributed by atoms with van der Waals surface area (Å²) in [5.41, 5.74) is 0. The van der Waals surface area contributed by atoms with Crippen molar-refractivity contribution in [1.82, 2.24) is 9.62 Å². The van der Waals surface area contributed by atoms with Crippen LogP contribution in [0.2, 0.25) is 0 Å². The van der Waals surface area contributed by atoms with Gasteiger partial charge in [-0.15, -0.1) is 0 Å². The molecule has 28 heavy (non-hydrogen) atoms. The van der Waals surface area contributed by atoms with E-state index < -0.39 is 26.6 Å². The van der Waals surface area contributed by atoms with Crippen LogP contribution in [0.5, 0.6) is 0 Å². The number of nitrogens with zero attached hydrogens (tertiary/aromatic N) is 1. The van der Waals surface area contributed by atoms with Gasteiger partial charge in [0.2, 0.25) is 10.0 Å². The zero-order valence-electron chi connectivity index (χ0n) is 16.1. The van der Waals surface area contributed by atoms with Crippen molar-refractivity contribution in [2.45, 2.75) is 43.5 Å². The average Bonchev–Trinajstić information content (AvgIpc) is 2.66. The molecular weight excluding hydrogens is 388 g/mol. The predicted molar refractivity (Wildman–Crippen MR) is 100 cm³/mol. The summed E-state index contributed by atoms with van der Waals surface area (Å²) in [6.07, 6.45) is 4.27. The maximum absolute atomic E-state index is 13.9. The molecule has 2 aliphatic rings. The van der Waals surface area contributed by atoms with Gasteiger partial charge in [0.05, 0.1) is 26.2 Å². The Kier molecular flexibility index (Phi) is 6.67. The SMILES string of the molecule is CC1CCC(NC(=O)C[NH+]2CCN(S(=O)(=O)c3cc(F)ccc3F)CC2)CC1. The Bertz CT molecular complexity index is 803. The highest BCUT2D eigenvalue weighted by molar-refractivity contribution is 7.89. The van der Waals surface area contributed by atoms with Gasteiger partial charge in [0.25, 0.3) is 5.91 Å². The van der Waals surface area contributed by atoms with Gasteiger partial charge in [-0.3, -0.25) is 4.79 Å². The molecule has 1 amide bonds. The second-order valence-electron chi connectivity index (χ2n) is 7.93. The highest BCUT2D eigenvalue weighted by Crippen LogP contribution is 2.23. The summed E-state index contributed by atoms with van der Waals surface area (Å²) in [6.45, 7) is 3.76.